The van der Waals surface area contributed by atoms with Crippen LogP contribution in [0.3, 0.4) is 0 Å². The maximum absolute atomic E-state index is 12.6. The van der Waals surface area contributed by atoms with Crippen LogP contribution in [-0.4, -0.2) is 34.3 Å². The molecule has 0 bridgehead atoms. The van der Waals surface area contributed by atoms with Crippen molar-refractivity contribution in [3.05, 3.63) is 71.4 Å². The molecule has 0 spiro atoms. The van der Waals surface area contributed by atoms with Gasteiger partial charge in [0.15, 0.2) is 0 Å². The van der Waals surface area contributed by atoms with Crippen LogP contribution in [0.2, 0.25) is 0 Å². The number of para-hydroxylation sites is 1. The number of hydrogen-bond donors (Lipinski definition) is 4. The van der Waals surface area contributed by atoms with E-state index in [4.69, 9.17) is 5.26 Å². The average Bonchev–Trinajstić information content (AvgIpc) is 3.23. The third-order valence-corrected chi connectivity index (χ3v) is 4.19. The van der Waals surface area contributed by atoms with Crippen LogP contribution in [0.5, 0.6) is 0 Å². The molecule has 0 unspecified atom stereocenters. The zero-order chi connectivity index (χ0) is 22.2. The number of hydrogen-bond acceptors (Lipinski definition) is 6. The van der Waals surface area contributed by atoms with Gasteiger partial charge in [0, 0.05) is 11.8 Å². The molecule has 4 N–H and O–H groups in total. The lowest BCUT2D eigenvalue weighted by atomic mass is 10.1. The number of rotatable bonds is 3. The zero-order valence-electron chi connectivity index (χ0n) is 17.1. The smallest absolute Gasteiger partial charge is 0.260 e. The molecule has 0 fully saturated rings. The molecule has 1 aliphatic rings. The molecule has 156 valence electrons. The van der Waals surface area contributed by atoms with Crippen molar-refractivity contribution in [2.24, 2.45) is 4.99 Å². The second kappa shape index (κ2) is 9.84. The number of guanidine groups is 1. The molecule has 9 nitrogen and oxygen atoms in total. The summed E-state index contributed by atoms with van der Waals surface area (Å²) in [6, 6.07) is 13.4. The van der Waals surface area contributed by atoms with Gasteiger partial charge in [-0.05, 0) is 42.5 Å². The van der Waals surface area contributed by atoms with Gasteiger partial charge in [-0.25, -0.2) is 9.98 Å². The fourth-order valence-corrected chi connectivity index (χ4v) is 2.78. The van der Waals surface area contributed by atoms with E-state index in [1.54, 1.807) is 48.7 Å². The van der Waals surface area contributed by atoms with Crippen molar-refractivity contribution >= 4 is 34.8 Å². The number of carbonyl (C=O) groups is 2. The van der Waals surface area contributed by atoms with E-state index in [2.05, 4.69) is 30.9 Å². The summed E-state index contributed by atoms with van der Waals surface area (Å²) >= 11 is 0. The Kier molecular flexibility index (Phi) is 6.75. The summed E-state index contributed by atoms with van der Waals surface area (Å²) in [6.07, 6.45) is 3.53. The minimum atomic E-state index is -0.382. The highest BCUT2D eigenvalue weighted by Gasteiger charge is 2.16. The summed E-state index contributed by atoms with van der Waals surface area (Å²) in [5, 5.41) is 17.1. The first-order chi connectivity index (χ1) is 15.1. The number of nitriles is 1. The molecular formula is C22H21N7O2. The van der Waals surface area contributed by atoms with Crippen LogP contribution in [-0.2, 0) is 0 Å². The van der Waals surface area contributed by atoms with E-state index in [0.717, 1.165) is 0 Å². The Labute approximate surface area is 178 Å². The topological polar surface area (TPSA) is 135 Å². The summed E-state index contributed by atoms with van der Waals surface area (Å²) in [4.78, 5) is 36.5. The summed E-state index contributed by atoms with van der Waals surface area (Å²) in [7, 11) is 0. The number of aromatic amines is 1. The van der Waals surface area contributed by atoms with Crippen LogP contribution >= 0.6 is 0 Å². The number of anilines is 1. The van der Waals surface area contributed by atoms with Crippen molar-refractivity contribution in [3.63, 3.8) is 0 Å². The van der Waals surface area contributed by atoms with Crippen molar-refractivity contribution in [1.82, 2.24) is 20.6 Å². The predicted octanol–water partition coefficient (Wildman–Crippen LogP) is 2.92. The number of nitrogens with one attached hydrogen (secondary N) is 4. The normalized spacial score (nSPS) is 12.0. The fourth-order valence-electron chi connectivity index (χ4n) is 2.78. The van der Waals surface area contributed by atoms with Gasteiger partial charge in [0.2, 0.25) is 11.9 Å². The molecule has 31 heavy (non-hydrogen) atoms. The largest absolute Gasteiger partial charge is 0.333 e. The quantitative estimate of drug-likeness (QED) is 0.522. The number of carbonyl (C=O) groups excluding carboxylic acids is 2. The highest BCUT2D eigenvalue weighted by atomic mass is 16.2. The van der Waals surface area contributed by atoms with Crippen molar-refractivity contribution in [2.45, 2.75) is 13.8 Å². The van der Waals surface area contributed by atoms with E-state index in [9.17, 15) is 9.59 Å². The third-order valence-electron chi connectivity index (χ3n) is 4.19. The Bertz CT molecular complexity index is 1200. The number of aliphatic imine (C=N–C) groups is 1. The molecule has 0 atom stereocenters. The SMILES string of the molecule is CC.N#Cc1ccc(C(=O)Nc2nc3c(C(=O)NC4=NCC=CN4)cccc3[nH]2)cc1. The summed E-state index contributed by atoms with van der Waals surface area (Å²) in [5.74, 6) is -0.175. The Hall–Kier alpha value is -4.45. The Morgan fingerprint density at radius 3 is 2.52 bits per heavy atom. The van der Waals surface area contributed by atoms with E-state index < -0.39 is 0 Å². The second-order valence-electron chi connectivity index (χ2n) is 6.12. The molecule has 1 aliphatic heterocycles. The molecule has 0 aliphatic carbocycles. The minimum absolute atomic E-state index is 0.214. The third kappa shape index (κ3) is 4.94. The molecule has 2 amide bonds. The first-order valence-electron chi connectivity index (χ1n) is 9.71. The molecule has 9 heteroatoms. The minimum Gasteiger partial charge on any atom is -0.333 e. The van der Waals surface area contributed by atoms with Gasteiger partial charge in [0.1, 0.15) is 5.52 Å². The second-order valence-corrected chi connectivity index (χ2v) is 6.12. The number of imidazole rings is 1. The lowest BCUT2D eigenvalue weighted by Gasteiger charge is -2.11. The number of aromatic nitrogens is 2. The molecule has 1 aromatic heterocycles. The van der Waals surface area contributed by atoms with E-state index in [1.807, 2.05) is 26.0 Å². The lowest BCUT2D eigenvalue weighted by Crippen LogP contribution is -2.40. The molecule has 0 saturated carbocycles. The first kappa shape index (κ1) is 21.3. The number of H-pyrrole nitrogens is 1. The zero-order valence-corrected chi connectivity index (χ0v) is 17.1. The van der Waals surface area contributed by atoms with Gasteiger partial charge in [-0.3, -0.25) is 20.2 Å². The number of benzene rings is 2. The standard InChI is InChI=1S/C20H15N7O2.C2H6/c21-11-12-5-7-13(8-6-12)17(28)26-20-24-15-4-1-3-14(16(15)25-20)18(29)27-19-22-9-2-10-23-19;1-2/h1-9H,10H2,(H2,22,23,27,29)(H2,24,25,26,28);1-2H3. The van der Waals surface area contributed by atoms with Gasteiger partial charge in [0.05, 0.1) is 29.3 Å². The fraction of sp³-hybridized carbons (Fsp3) is 0.136. The Morgan fingerprint density at radius 1 is 1.06 bits per heavy atom. The van der Waals surface area contributed by atoms with E-state index in [1.165, 1.54) is 0 Å². The van der Waals surface area contributed by atoms with Crippen LogP contribution in [0.4, 0.5) is 5.95 Å². The Morgan fingerprint density at radius 2 is 1.84 bits per heavy atom. The van der Waals surface area contributed by atoms with Crippen LogP contribution in [0.15, 0.2) is 59.7 Å². The van der Waals surface area contributed by atoms with Crippen molar-refractivity contribution in [2.75, 3.05) is 11.9 Å². The lowest BCUT2D eigenvalue weighted by molar-refractivity contribution is 0.0976. The predicted molar refractivity (Wildman–Crippen MR) is 119 cm³/mol. The molecular weight excluding hydrogens is 394 g/mol. The van der Waals surface area contributed by atoms with Crippen molar-refractivity contribution in [1.29, 1.82) is 5.26 Å². The number of nitrogens with zero attached hydrogens (tertiary/aromatic N) is 3. The highest BCUT2D eigenvalue weighted by molar-refractivity contribution is 6.12. The number of fused-ring (bicyclic) bond motifs is 1. The first-order valence-corrected chi connectivity index (χ1v) is 9.71. The average molecular weight is 415 g/mol. The molecule has 2 aromatic carbocycles. The van der Waals surface area contributed by atoms with Crippen LogP contribution < -0.4 is 16.0 Å². The van der Waals surface area contributed by atoms with E-state index in [-0.39, 0.29) is 17.8 Å². The van der Waals surface area contributed by atoms with Crippen LogP contribution in [0.1, 0.15) is 40.1 Å². The summed E-state index contributed by atoms with van der Waals surface area (Å²) in [5.41, 5.74) is 2.22. The molecule has 0 saturated heterocycles. The van der Waals surface area contributed by atoms with Crippen LogP contribution in [0.25, 0.3) is 11.0 Å². The summed E-state index contributed by atoms with van der Waals surface area (Å²) in [6.45, 7) is 4.49. The summed E-state index contributed by atoms with van der Waals surface area (Å²) < 4.78 is 0. The van der Waals surface area contributed by atoms with Gasteiger partial charge >= 0.3 is 0 Å². The van der Waals surface area contributed by atoms with E-state index >= 15 is 0 Å². The van der Waals surface area contributed by atoms with Gasteiger partial charge in [-0.1, -0.05) is 19.9 Å². The number of amides is 2. The molecule has 0 radical (unpaired) electrons. The van der Waals surface area contributed by atoms with Gasteiger partial charge in [-0.2, -0.15) is 5.26 Å². The highest BCUT2D eigenvalue weighted by Crippen LogP contribution is 2.19. The van der Waals surface area contributed by atoms with E-state index in [0.29, 0.717) is 40.2 Å². The van der Waals surface area contributed by atoms with Crippen molar-refractivity contribution in [3.8, 4) is 6.07 Å². The van der Waals surface area contributed by atoms with Gasteiger partial charge in [0.25, 0.3) is 11.8 Å². The molecule has 4 rings (SSSR count). The van der Waals surface area contributed by atoms with Crippen LogP contribution in [0, 0.1) is 11.3 Å². The molecule has 3 aromatic rings. The maximum Gasteiger partial charge on any atom is 0.260 e. The maximum atomic E-state index is 12.6. The Balaban J connectivity index is 0.00000132. The molecule has 2 heterocycles. The van der Waals surface area contributed by atoms with Gasteiger partial charge in [-0.15, -0.1) is 0 Å². The van der Waals surface area contributed by atoms with Crippen molar-refractivity contribution < 1.29 is 9.59 Å². The van der Waals surface area contributed by atoms with Gasteiger partial charge < -0.3 is 10.3 Å². The monoisotopic (exact) mass is 415 g/mol.